The molecular weight excluding hydrogens is 506 g/mol. The molecule has 0 fully saturated rings. The molecule has 12 nitrogen and oxygen atoms in total. The van der Waals surface area contributed by atoms with Gasteiger partial charge in [0.25, 0.3) is 0 Å². The summed E-state index contributed by atoms with van der Waals surface area (Å²) in [5.41, 5.74) is 0.617. The Labute approximate surface area is 218 Å². The van der Waals surface area contributed by atoms with Crippen molar-refractivity contribution in [2.45, 2.75) is 51.4 Å². The van der Waals surface area contributed by atoms with Crippen molar-refractivity contribution in [3.05, 3.63) is 71.3 Å². The van der Waals surface area contributed by atoms with Crippen LogP contribution in [-0.2, 0) is 34.0 Å². The van der Waals surface area contributed by atoms with Crippen LogP contribution < -0.4 is 0 Å². The number of imidazole rings is 2. The summed E-state index contributed by atoms with van der Waals surface area (Å²) >= 11 is 6.34. The number of H-pyrrole nitrogens is 1. The smallest absolute Gasteiger partial charge is 0.336 e. The van der Waals surface area contributed by atoms with Crippen molar-refractivity contribution in [3.8, 4) is 0 Å². The first kappa shape index (κ1) is 29.5. The number of benzene rings is 1. The fraction of sp³-hybridized carbons (Fsp3) is 0.375. The van der Waals surface area contributed by atoms with Gasteiger partial charge in [-0.3, -0.25) is 14.5 Å². The van der Waals surface area contributed by atoms with Crippen LogP contribution in [0.1, 0.15) is 36.2 Å². The molecule has 0 radical (unpaired) electrons. The molecular formula is C24H30ClN5O7. The number of aliphatic hydroxyl groups is 1. The molecule has 0 atom stereocenters. The number of aryl methyl sites for hydroxylation is 2. The summed E-state index contributed by atoms with van der Waals surface area (Å²) in [5.74, 6) is -5.02. The second-order valence-corrected chi connectivity index (χ2v) is 8.82. The predicted octanol–water partition coefficient (Wildman–Crippen LogP) is 2.41. The zero-order valence-corrected chi connectivity index (χ0v) is 21.0. The van der Waals surface area contributed by atoms with E-state index in [1.54, 1.807) is 6.33 Å². The Bertz CT molecular complexity index is 1150. The molecule has 5 N–H and O–H groups in total. The number of nitrogens with one attached hydrogen (secondary N) is 1. The van der Waals surface area contributed by atoms with Gasteiger partial charge in [-0.2, -0.15) is 0 Å². The van der Waals surface area contributed by atoms with Crippen LogP contribution >= 0.6 is 11.6 Å². The van der Waals surface area contributed by atoms with Gasteiger partial charge in [0.15, 0.2) is 5.60 Å². The average molecular weight is 536 g/mol. The highest BCUT2D eigenvalue weighted by molar-refractivity contribution is 6.31. The summed E-state index contributed by atoms with van der Waals surface area (Å²) in [6.07, 6.45) is 6.18. The molecule has 0 bridgehead atoms. The molecule has 200 valence electrons. The van der Waals surface area contributed by atoms with Gasteiger partial charge in [0, 0.05) is 49.3 Å². The summed E-state index contributed by atoms with van der Waals surface area (Å²) in [6.45, 7) is 5.61. The number of halogens is 1. The predicted molar refractivity (Wildman–Crippen MR) is 133 cm³/mol. The van der Waals surface area contributed by atoms with Crippen LogP contribution in [0.3, 0.4) is 0 Å². The van der Waals surface area contributed by atoms with Gasteiger partial charge in [0.2, 0.25) is 0 Å². The molecule has 0 aliphatic rings. The molecule has 2 aromatic heterocycles. The summed E-state index contributed by atoms with van der Waals surface area (Å²) in [4.78, 5) is 44.5. The summed E-state index contributed by atoms with van der Waals surface area (Å²) in [5, 5.41) is 34.6. The Hall–Kier alpha value is -3.74. The van der Waals surface area contributed by atoms with Crippen molar-refractivity contribution < 1.29 is 34.8 Å². The fourth-order valence-electron chi connectivity index (χ4n) is 3.45. The molecule has 1 aromatic carbocycles. The number of hydrogen-bond acceptors (Lipinski definition) is 7. The minimum Gasteiger partial charge on any atom is -0.481 e. The van der Waals surface area contributed by atoms with Crippen LogP contribution in [-0.4, -0.2) is 74.9 Å². The van der Waals surface area contributed by atoms with Crippen molar-refractivity contribution in [1.82, 2.24) is 24.4 Å². The number of aromatic amines is 1. The van der Waals surface area contributed by atoms with Crippen LogP contribution in [0.25, 0.3) is 0 Å². The maximum atomic E-state index is 10.3. The number of carbonyl (C=O) groups is 3. The van der Waals surface area contributed by atoms with E-state index in [1.807, 2.05) is 36.9 Å². The minimum absolute atomic E-state index is 0.810. The van der Waals surface area contributed by atoms with E-state index in [0.717, 1.165) is 54.6 Å². The van der Waals surface area contributed by atoms with E-state index in [9.17, 15) is 14.4 Å². The second-order valence-electron chi connectivity index (χ2n) is 8.41. The summed E-state index contributed by atoms with van der Waals surface area (Å²) < 4.78 is 2.10. The Morgan fingerprint density at radius 1 is 1.11 bits per heavy atom. The molecule has 0 unspecified atom stereocenters. The summed E-state index contributed by atoms with van der Waals surface area (Å²) in [6, 6.07) is 8.03. The van der Waals surface area contributed by atoms with E-state index in [-0.39, 0.29) is 0 Å². The van der Waals surface area contributed by atoms with Gasteiger partial charge in [-0.25, -0.2) is 14.8 Å². The molecule has 0 aliphatic carbocycles. The molecule has 0 spiro atoms. The van der Waals surface area contributed by atoms with Crippen LogP contribution in [0.2, 0.25) is 5.02 Å². The van der Waals surface area contributed by atoms with Crippen molar-refractivity contribution in [2.24, 2.45) is 0 Å². The highest BCUT2D eigenvalue weighted by Crippen LogP contribution is 2.19. The van der Waals surface area contributed by atoms with E-state index in [2.05, 4.69) is 37.4 Å². The Balaban J connectivity index is 0.000000317. The number of carboxylic acids is 3. The lowest BCUT2D eigenvalue weighted by atomic mass is 9.96. The average Bonchev–Trinajstić information content (AvgIpc) is 3.46. The third-order valence-corrected chi connectivity index (χ3v) is 5.76. The lowest BCUT2D eigenvalue weighted by molar-refractivity contribution is -0.170. The zero-order valence-electron chi connectivity index (χ0n) is 20.2. The Morgan fingerprint density at radius 3 is 2.30 bits per heavy atom. The summed E-state index contributed by atoms with van der Waals surface area (Å²) in [7, 11) is 0. The minimum atomic E-state index is -2.74. The molecule has 0 saturated carbocycles. The van der Waals surface area contributed by atoms with Gasteiger partial charge >= 0.3 is 17.9 Å². The van der Waals surface area contributed by atoms with Crippen molar-refractivity contribution in [3.63, 3.8) is 0 Å². The first-order valence-corrected chi connectivity index (χ1v) is 11.7. The standard InChI is InChI=1S/C18H22ClN5.C6H8O7/c1-15-18(22-13-21-15)12-24(9-4-8-23-10-7-20-14-23)11-16-5-2-3-6-17(16)19;7-3(8)1-6(13,5(11)12)2-4(9)10/h2-3,5-7,10,13-14H,4,8-9,11-12H2,1H3,(H,21,22);13H,1-2H2,(H,7,8)(H,9,10)(H,11,12). The van der Waals surface area contributed by atoms with Gasteiger partial charge in [0.05, 0.1) is 31.2 Å². The van der Waals surface area contributed by atoms with Crippen LogP contribution in [0, 0.1) is 6.92 Å². The first-order valence-electron chi connectivity index (χ1n) is 11.3. The van der Waals surface area contributed by atoms with E-state index in [4.69, 9.17) is 32.0 Å². The zero-order chi connectivity index (χ0) is 27.4. The number of nitrogens with zero attached hydrogens (tertiary/aromatic N) is 4. The Kier molecular flexibility index (Phi) is 11.2. The van der Waals surface area contributed by atoms with Crippen molar-refractivity contribution in [2.75, 3.05) is 6.54 Å². The molecule has 0 aliphatic heterocycles. The molecule has 13 heteroatoms. The lowest BCUT2D eigenvalue weighted by Crippen LogP contribution is -2.42. The highest BCUT2D eigenvalue weighted by Gasteiger charge is 2.40. The van der Waals surface area contributed by atoms with Gasteiger partial charge < -0.3 is 30.0 Å². The van der Waals surface area contributed by atoms with Crippen LogP contribution in [0.5, 0.6) is 0 Å². The van der Waals surface area contributed by atoms with Crippen molar-refractivity contribution in [1.29, 1.82) is 0 Å². The normalized spacial score (nSPS) is 11.1. The van der Waals surface area contributed by atoms with Gasteiger partial charge in [-0.05, 0) is 25.0 Å². The van der Waals surface area contributed by atoms with Gasteiger partial charge in [-0.15, -0.1) is 0 Å². The monoisotopic (exact) mass is 535 g/mol. The number of carboxylic acid groups (broad SMARTS) is 3. The number of rotatable bonds is 13. The SMILES string of the molecule is Cc1[nH]cnc1CN(CCCn1ccnc1)Cc1ccccc1Cl.O=C(O)CC(O)(CC(=O)O)C(=O)O. The third-order valence-electron chi connectivity index (χ3n) is 5.39. The molecule has 0 amide bonds. The number of aromatic nitrogens is 4. The molecule has 0 saturated heterocycles. The van der Waals surface area contributed by atoms with Gasteiger partial charge in [-0.1, -0.05) is 29.8 Å². The first-order chi connectivity index (χ1) is 17.5. The largest absolute Gasteiger partial charge is 0.481 e. The second kappa shape index (κ2) is 14.1. The van der Waals surface area contributed by atoms with E-state index < -0.39 is 36.4 Å². The van der Waals surface area contributed by atoms with Crippen LogP contribution in [0.15, 0.2) is 49.3 Å². The van der Waals surface area contributed by atoms with E-state index >= 15 is 0 Å². The topological polar surface area (TPSA) is 182 Å². The Morgan fingerprint density at radius 2 is 1.78 bits per heavy atom. The molecule has 37 heavy (non-hydrogen) atoms. The fourth-order valence-corrected chi connectivity index (χ4v) is 3.65. The maximum absolute atomic E-state index is 10.3. The molecule has 3 aromatic rings. The molecule has 3 rings (SSSR count). The van der Waals surface area contributed by atoms with E-state index in [0.29, 0.717) is 0 Å². The molecule has 2 heterocycles. The van der Waals surface area contributed by atoms with Crippen LogP contribution in [0.4, 0.5) is 0 Å². The van der Waals surface area contributed by atoms with Gasteiger partial charge in [0.1, 0.15) is 0 Å². The van der Waals surface area contributed by atoms with Crippen molar-refractivity contribution >= 4 is 29.5 Å². The number of aliphatic carboxylic acids is 3. The third kappa shape index (κ3) is 10.0. The van der Waals surface area contributed by atoms with E-state index in [1.165, 1.54) is 0 Å². The number of hydrogen-bond donors (Lipinski definition) is 5. The highest BCUT2D eigenvalue weighted by atomic mass is 35.5. The lowest BCUT2D eigenvalue weighted by Gasteiger charge is -2.22. The maximum Gasteiger partial charge on any atom is 0.336 e. The quantitative estimate of drug-likeness (QED) is 0.218.